The van der Waals surface area contributed by atoms with Gasteiger partial charge in [-0.15, -0.1) is 0 Å². The third kappa shape index (κ3) is 3.66. The van der Waals surface area contributed by atoms with E-state index in [-0.39, 0.29) is 12.2 Å². The maximum Gasteiger partial charge on any atom is 0.311 e. The van der Waals surface area contributed by atoms with Gasteiger partial charge in [-0.3, -0.25) is 14.9 Å². The molecule has 0 aromatic heterocycles. The van der Waals surface area contributed by atoms with Crippen LogP contribution in [0.4, 0.5) is 11.4 Å². The first-order valence-electron chi connectivity index (χ1n) is 5.71. The Morgan fingerprint density at radius 3 is 2.63 bits per heavy atom. The summed E-state index contributed by atoms with van der Waals surface area (Å²) in [5.74, 6) is -0.875. The van der Waals surface area contributed by atoms with E-state index >= 15 is 0 Å². The Bertz CT molecular complexity index is 507. The topological polar surface area (TPSA) is 92.5 Å². The van der Waals surface area contributed by atoms with Gasteiger partial charge in [0.15, 0.2) is 0 Å². The summed E-state index contributed by atoms with van der Waals surface area (Å²) in [6.45, 7) is 3.71. The summed E-state index contributed by atoms with van der Waals surface area (Å²) in [5.41, 5.74) is -0.262. The van der Waals surface area contributed by atoms with Gasteiger partial charge in [0.1, 0.15) is 0 Å². The number of nitro groups is 1. The number of halogens is 1. The molecule has 1 aromatic rings. The van der Waals surface area contributed by atoms with Crippen LogP contribution in [0.15, 0.2) is 22.7 Å². The number of aliphatic carboxylic acids is 1. The summed E-state index contributed by atoms with van der Waals surface area (Å²) >= 11 is 3.23. The lowest BCUT2D eigenvalue weighted by atomic mass is 9.87. The summed E-state index contributed by atoms with van der Waals surface area (Å²) in [6, 6.07) is 4.31. The molecule has 2 N–H and O–H groups in total. The van der Waals surface area contributed by atoms with Gasteiger partial charge in [0, 0.05) is 28.8 Å². The first kappa shape index (κ1) is 15.4. The van der Waals surface area contributed by atoms with Crippen LogP contribution in [0, 0.1) is 15.5 Å². The third-order valence-corrected chi connectivity index (χ3v) is 3.79. The predicted molar refractivity (Wildman–Crippen MR) is 75.3 cm³/mol. The van der Waals surface area contributed by atoms with Crippen molar-refractivity contribution in [1.82, 2.24) is 0 Å². The predicted octanol–water partition coefficient (Wildman–Crippen LogP) is 3.27. The summed E-state index contributed by atoms with van der Waals surface area (Å²) in [6.07, 6.45) is 0.486. The van der Waals surface area contributed by atoms with E-state index in [9.17, 15) is 14.9 Å². The number of hydrogen-bond acceptors (Lipinski definition) is 4. The molecule has 0 amide bonds. The molecular weight excluding hydrogens is 316 g/mol. The Balaban J connectivity index is 2.84. The lowest BCUT2D eigenvalue weighted by Gasteiger charge is -2.24. The molecule has 104 valence electrons. The van der Waals surface area contributed by atoms with Crippen LogP contribution in [0.5, 0.6) is 0 Å². The first-order valence-corrected chi connectivity index (χ1v) is 6.50. The van der Waals surface area contributed by atoms with Gasteiger partial charge in [-0.05, 0) is 35.3 Å². The number of benzene rings is 1. The van der Waals surface area contributed by atoms with Crippen LogP contribution in [0.25, 0.3) is 0 Å². The number of nitrogens with one attached hydrogen (secondary N) is 1. The SMILES string of the molecule is CCC(C)(CNc1ccc([N+](=O)[O-])cc1Br)C(=O)O. The molecule has 0 fully saturated rings. The molecule has 19 heavy (non-hydrogen) atoms. The second-order valence-electron chi connectivity index (χ2n) is 4.49. The Morgan fingerprint density at radius 2 is 2.21 bits per heavy atom. The summed E-state index contributed by atoms with van der Waals surface area (Å²) < 4.78 is 0.533. The number of carboxylic acid groups (broad SMARTS) is 1. The molecule has 0 bridgehead atoms. The van der Waals surface area contributed by atoms with Crippen LogP contribution in [0.2, 0.25) is 0 Å². The van der Waals surface area contributed by atoms with E-state index in [1.54, 1.807) is 19.9 Å². The lowest BCUT2D eigenvalue weighted by Crippen LogP contribution is -2.34. The van der Waals surface area contributed by atoms with Gasteiger partial charge in [0.25, 0.3) is 5.69 Å². The van der Waals surface area contributed by atoms with Gasteiger partial charge in [-0.25, -0.2) is 0 Å². The van der Waals surface area contributed by atoms with Crippen LogP contribution < -0.4 is 5.32 Å². The number of carbonyl (C=O) groups is 1. The fraction of sp³-hybridized carbons (Fsp3) is 0.417. The van der Waals surface area contributed by atoms with Crippen molar-refractivity contribution < 1.29 is 14.8 Å². The Morgan fingerprint density at radius 1 is 1.58 bits per heavy atom. The zero-order valence-electron chi connectivity index (χ0n) is 10.6. The number of carboxylic acids is 1. The van der Waals surface area contributed by atoms with Crippen molar-refractivity contribution in [2.75, 3.05) is 11.9 Å². The minimum absolute atomic E-state index is 0.0195. The molecule has 0 spiro atoms. The molecule has 0 radical (unpaired) electrons. The first-order chi connectivity index (χ1) is 8.80. The van der Waals surface area contributed by atoms with Crippen molar-refractivity contribution in [1.29, 1.82) is 0 Å². The van der Waals surface area contributed by atoms with Crippen LogP contribution in [-0.4, -0.2) is 22.5 Å². The van der Waals surface area contributed by atoms with E-state index in [1.165, 1.54) is 12.1 Å². The average Bonchev–Trinajstić information content (AvgIpc) is 2.36. The summed E-state index contributed by atoms with van der Waals surface area (Å²) in [4.78, 5) is 21.3. The molecule has 0 aliphatic rings. The van der Waals surface area contributed by atoms with Crippen molar-refractivity contribution in [3.63, 3.8) is 0 Å². The van der Waals surface area contributed by atoms with Gasteiger partial charge in [-0.2, -0.15) is 0 Å². The van der Waals surface area contributed by atoms with Crippen molar-refractivity contribution in [3.8, 4) is 0 Å². The minimum atomic E-state index is -0.875. The Labute approximate surface area is 119 Å². The van der Waals surface area contributed by atoms with Crippen LogP contribution in [0.1, 0.15) is 20.3 Å². The highest BCUT2D eigenvalue weighted by atomic mass is 79.9. The number of hydrogen-bond donors (Lipinski definition) is 2. The van der Waals surface area contributed by atoms with Crippen molar-refractivity contribution in [2.24, 2.45) is 5.41 Å². The highest BCUT2D eigenvalue weighted by molar-refractivity contribution is 9.10. The smallest absolute Gasteiger partial charge is 0.311 e. The number of nitro benzene ring substituents is 1. The van der Waals surface area contributed by atoms with Gasteiger partial charge < -0.3 is 10.4 Å². The highest BCUT2D eigenvalue weighted by Crippen LogP contribution is 2.29. The molecule has 1 aromatic carbocycles. The molecule has 0 saturated carbocycles. The monoisotopic (exact) mass is 330 g/mol. The zero-order chi connectivity index (χ0) is 14.6. The quantitative estimate of drug-likeness (QED) is 0.616. The normalized spacial score (nSPS) is 13.6. The summed E-state index contributed by atoms with van der Waals surface area (Å²) in [7, 11) is 0. The van der Waals surface area contributed by atoms with Crippen molar-refractivity contribution >= 4 is 33.3 Å². The van der Waals surface area contributed by atoms with E-state index in [0.717, 1.165) is 0 Å². The molecule has 7 heteroatoms. The molecule has 0 aliphatic heterocycles. The summed E-state index contributed by atoms with van der Waals surface area (Å²) in [5, 5.41) is 22.8. The van der Waals surface area contributed by atoms with E-state index in [4.69, 9.17) is 5.11 Å². The van der Waals surface area contributed by atoms with Crippen LogP contribution in [0.3, 0.4) is 0 Å². The van der Waals surface area contributed by atoms with E-state index < -0.39 is 16.3 Å². The van der Waals surface area contributed by atoms with Gasteiger partial charge >= 0.3 is 5.97 Å². The molecular formula is C12H15BrN2O4. The van der Waals surface area contributed by atoms with Gasteiger partial charge in [-0.1, -0.05) is 6.92 Å². The number of nitrogens with zero attached hydrogens (tertiary/aromatic N) is 1. The number of anilines is 1. The third-order valence-electron chi connectivity index (χ3n) is 3.13. The Kier molecular flexibility index (Phi) is 4.88. The van der Waals surface area contributed by atoms with Gasteiger partial charge in [0.05, 0.1) is 10.3 Å². The lowest BCUT2D eigenvalue weighted by molar-refractivity contribution is -0.384. The van der Waals surface area contributed by atoms with Crippen LogP contribution in [-0.2, 0) is 4.79 Å². The molecule has 0 saturated heterocycles. The number of rotatable bonds is 6. The fourth-order valence-corrected chi connectivity index (χ4v) is 1.91. The second kappa shape index (κ2) is 6.01. The van der Waals surface area contributed by atoms with Crippen molar-refractivity contribution in [3.05, 3.63) is 32.8 Å². The van der Waals surface area contributed by atoms with Crippen molar-refractivity contribution in [2.45, 2.75) is 20.3 Å². The highest BCUT2D eigenvalue weighted by Gasteiger charge is 2.30. The molecule has 6 nitrogen and oxygen atoms in total. The van der Waals surface area contributed by atoms with E-state index in [1.807, 2.05) is 0 Å². The van der Waals surface area contributed by atoms with E-state index in [0.29, 0.717) is 16.6 Å². The largest absolute Gasteiger partial charge is 0.481 e. The minimum Gasteiger partial charge on any atom is -0.481 e. The molecule has 1 atom stereocenters. The maximum atomic E-state index is 11.2. The fourth-order valence-electron chi connectivity index (χ4n) is 1.40. The zero-order valence-corrected chi connectivity index (χ0v) is 12.2. The molecule has 0 aliphatic carbocycles. The molecule has 1 unspecified atom stereocenters. The van der Waals surface area contributed by atoms with Gasteiger partial charge in [0.2, 0.25) is 0 Å². The Hall–Kier alpha value is -1.63. The van der Waals surface area contributed by atoms with E-state index in [2.05, 4.69) is 21.2 Å². The standard InChI is InChI=1S/C12H15BrN2O4/c1-3-12(2,11(16)17)7-14-10-5-4-8(15(18)19)6-9(10)13/h4-6,14H,3,7H2,1-2H3,(H,16,17). The molecule has 1 rings (SSSR count). The second-order valence-corrected chi connectivity index (χ2v) is 5.35. The number of non-ortho nitro benzene ring substituents is 1. The molecule has 0 heterocycles. The average molecular weight is 331 g/mol. The maximum absolute atomic E-state index is 11.2. The van der Waals surface area contributed by atoms with Crippen LogP contribution >= 0.6 is 15.9 Å².